The summed E-state index contributed by atoms with van der Waals surface area (Å²) >= 11 is 0. The van der Waals surface area contributed by atoms with Crippen molar-refractivity contribution in [3.63, 3.8) is 0 Å². The molecule has 3 unspecified atom stereocenters. The van der Waals surface area contributed by atoms with Gasteiger partial charge in [0.2, 0.25) is 0 Å². The molecule has 2 bridgehead atoms. The van der Waals surface area contributed by atoms with Gasteiger partial charge in [0.05, 0.1) is 0 Å². The number of carbonyl (C=O) groups excluding carboxylic acids is 1. The number of amides is 1. The van der Waals surface area contributed by atoms with E-state index in [2.05, 4.69) is 4.90 Å². The Kier molecular flexibility index (Phi) is 3.08. The zero-order valence-electron chi connectivity index (χ0n) is 10.6. The molecule has 3 atom stereocenters. The number of benzene rings is 1. The van der Waals surface area contributed by atoms with Crippen molar-refractivity contribution in [1.82, 2.24) is 4.90 Å². The van der Waals surface area contributed by atoms with Crippen molar-refractivity contribution in [3.8, 4) is 0 Å². The number of fused-ring (bicyclic) bond motifs is 3. The third kappa shape index (κ3) is 1.93. The van der Waals surface area contributed by atoms with Crippen LogP contribution in [0, 0.1) is 11.8 Å². The van der Waals surface area contributed by atoms with Gasteiger partial charge in [0.25, 0.3) is 5.91 Å². The van der Waals surface area contributed by atoms with E-state index in [0.29, 0.717) is 17.9 Å². The summed E-state index contributed by atoms with van der Waals surface area (Å²) in [5, 5.41) is 0. The van der Waals surface area contributed by atoms with E-state index in [0.717, 1.165) is 31.5 Å². The Hall–Kier alpha value is -1.35. The molecule has 1 saturated carbocycles. The van der Waals surface area contributed by atoms with Gasteiger partial charge < -0.3 is 10.6 Å². The molecule has 2 N–H and O–H groups in total. The number of nitrogens with two attached hydrogens (primary N) is 1. The maximum absolute atomic E-state index is 12.5. The van der Waals surface area contributed by atoms with Crippen LogP contribution < -0.4 is 5.73 Å². The SMILES string of the molecule is NCC1CC2CCC1CN2C(=O)c1ccccc1. The standard InChI is InChI=1S/C15H20N2O/c16-9-13-8-14-7-6-12(13)10-17(14)15(18)11-4-2-1-3-5-11/h1-5,12-14H,6-10,16H2. The molecule has 1 amide bonds. The van der Waals surface area contributed by atoms with E-state index < -0.39 is 0 Å². The van der Waals surface area contributed by atoms with Crippen LogP contribution in [0.4, 0.5) is 0 Å². The van der Waals surface area contributed by atoms with Crippen LogP contribution in [0.5, 0.6) is 0 Å². The largest absolute Gasteiger partial charge is 0.335 e. The zero-order chi connectivity index (χ0) is 12.5. The van der Waals surface area contributed by atoms with Crippen LogP contribution >= 0.6 is 0 Å². The van der Waals surface area contributed by atoms with Crippen molar-refractivity contribution in [3.05, 3.63) is 35.9 Å². The molecule has 1 aliphatic carbocycles. The first-order valence-electron chi connectivity index (χ1n) is 6.85. The highest BCUT2D eigenvalue weighted by Crippen LogP contribution is 2.39. The smallest absolute Gasteiger partial charge is 0.254 e. The molecular formula is C15H20N2O. The molecule has 1 aromatic rings. The Labute approximate surface area is 108 Å². The molecule has 3 nitrogen and oxygen atoms in total. The van der Waals surface area contributed by atoms with Gasteiger partial charge in [0, 0.05) is 18.2 Å². The van der Waals surface area contributed by atoms with Gasteiger partial charge >= 0.3 is 0 Å². The molecule has 18 heavy (non-hydrogen) atoms. The third-order valence-corrected chi connectivity index (χ3v) is 4.57. The summed E-state index contributed by atoms with van der Waals surface area (Å²) in [6.45, 7) is 1.68. The van der Waals surface area contributed by atoms with Gasteiger partial charge in [-0.3, -0.25) is 4.79 Å². The normalized spacial score (nSPS) is 30.5. The molecule has 1 aromatic carbocycles. The maximum Gasteiger partial charge on any atom is 0.254 e. The van der Waals surface area contributed by atoms with Crippen LogP contribution in [0.25, 0.3) is 0 Å². The zero-order valence-corrected chi connectivity index (χ0v) is 10.6. The van der Waals surface area contributed by atoms with Gasteiger partial charge in [0.1, 0.15) is 0 Å². The average molecular weight is 244 g/mol. The Bertz CT molecular complexity index is 431. The highest BCUT2D eigenvalue weighted by atomic mass is 16.2. The maximum atomic E-state index is 12.5. The molecule has 2 heterocycles. The summed E-state index contributed by atoms with van der Waals surface area (Å²) in [6, 6.07) is 10.0. The lowest BCUT2D eigenvalue weighted by atomic mass is 9.72. The van der Waals surface area contributed by atoms with E-state index in [-0.39, 0.29) is 5.91 Å². The highest BCUT2D eigenvalue weighted by molar-refractivity contribution is 5.94. The lowest BCUT2D eigenvalue weighted by molar-refractivity contribution is 0.0107. The van der Waals surface area contributed by atoms with E-state index in [1.807, 2.05) is 30.3 Å². The third-order valence-electron chi connectivity index (χ3n) is 4.57. The molecule has 3 fully saturated rings. The molecule has 3 aliphatic rings. The summed E-state index contributed by atoms with van der Waals surface area (Å²) in [6.07, 6.45) is 3.49. The highest BCUT2D eigenvalue weighted by Gasteiger charge is 2.41. The van der Waals surface area contributed by atoms with Crippen LogP contribution in [-0.2, 0) is 0 Å². The predicted octanol–water partition coefficient (Wildman–Crippen LogP) is 1.89. The second-order valence-electron chi connectivity index (χ2n) is 5.55. The second kappa shape index (κ2) is 4.73. The lowest BCUT2D eigenvalue weighted by Gasteiger charge is -2.49. The molecule has 0 radical (unpaired) electrons. The van der Waals surface area contributed by atoms with Crippen LogP contribution in [0.3, 0.4) is 0 Å². The molecule has 0 spiro atoms. The fourth-order valence-corrected chi connectivity index (χ4v) is 3.51. The summed E-state index contributed by atoms with van der Waals surface area (Å²) in [5.74, 6) is 1.44. The Balaban J connectivity index is 1.77. The van der Waals surface area contributed by atoms with Gasteiger partial charge in [0.15, 0.2) is 0 Å². The van der Waals surface area contributed by atoms with E-state index in [4.69, 9.17) is 5.73 Å². The first-order chi connectivity index (χ1) is 8.79. The van der Waals surface area contributed by atoms with Crippen molar-refractivity contribution in [2.75, 3.05) is 13.1 Å². The first-order valence-corrected chi connectivity index (χ1v) is 6.85. The van der Waals surface area contributed by atoms with Gasteiger partial charge in [-0.15, -0.1) is 0 Å². The lowest BCUT2D eigenvalue weighted by Crippen LogP contribution is -2.55. The topological polar surface area (TPSA) is 46.3 Å². The number of hydrogen-bond donors (Lipinski definition) is 1. The summed E-state index contributed by atoms with van der Waals surface area (Å²) in [7, 11) is 0. The van der Waals surface area contributed by atoms with Crippen molar-refractivity contribution < 1.29 is 4.79 Å². The van der Waals surface area contributed by atoms with E-state index in [9.17, 15) is 4.79 Å². The van der Waals surface area contributed by atoms with Crippen molar-refractivity contribution in [1.29, 1.82) is 0 Å². The van der Waals surface area contributed by atoms with E-state index in [1.165, 1.54) is 6.42 Å². The van der Waals surface area contributed by atoms with Crippen LogP contribution in [0.15, 0.2) is 30.3 Å². The summed E-state index contributed by atoms with van der Waals surface area (Å²) in [5.41, 5.74) is 6.63. The molecule has 96 valence electrons. The number of nitrogens with zero attached hydrogens (tertiary/aromatic N) is 1. The predicted molar refractivity (Wildman–Crippen MR) is 71.2 cm³/mol. The number of rotatable bonds is 2. The molecule has 2 aliphatic heterocycles. The van der Waals surface area contributed by atoms with Crippen LogP contribution in [-0.4, -0.2) is 29.9 Å². The number of piperidine rings is 2. The fraction of sp³-hybridized carbons (Fsp3) is 0.533. The Morgan fingerprint density at radius 1 is 1.28 bits per heavy atom. The minimum absolute atomic E-state index is 0.195. The minimum atomic E-state index is 0.195. The van der Waals surface area contributed by atoms with E-state index in [1.54, 1.807) is 0 Å². The van der Waals surface area contributed by atoms with Crippen molar-refractivity contribution in [2.24, 2.45) is 17.6 Å². The molecule has 4 rings (SSSR count). The van der Waals surface area contributed by atoms with Crippen molar-refractivity contribution in [2.45, 2.75) is 25.3 Å². The van der Waals surface area contributed by atoms with Gasteiger partial charge in [-0.25, -0.2) is 0 Å². The molecule has 3 heteroatoms. The Morgan fingerprint density at radius 2 is 2.06 bits per heavy atom. The first kappa shape index (κ1) is 11.7. The minimum Gasteiger partial charge on any atom is -0.335 e. The summed E-state index contributed by atoms with van der Waals surface area (Å²) < 4.78 is 0. The van der Waals surface area contributed by atoms with Crippen molar-refractivity contribution >= 4 is 5.91 Å². The van der Waals surface area contributed by atoms with E-state index >= 15 is 0 Å². The second-order valence-corrected chi connectivity index (χ2v) is 5.55. The Morgan fingerprint density at radius 3 is 2.67 bits per heavy atom. The average Bonchev–Trinajstić information content (AvgIpc) is 2.47. The molecule has 0 aromatic heterocycles. The molecule has 2 saturated heterocycles. The van der Waals surface area contributed by atoms with Crippen LogP contribution in [0.2, 0.25) is 0 Å². The fourth-order valence-electron chi connectivity index (χ4n) is 3.51. The quantitative estimate of drug-likeness (QED) is 0.863. The van der Waals surface area contributed by atoms with Gasteiger partial charge in [-0.05, 0) is 49.8 Å². The summed E-state index contributed by atoms with van der Waals surface area (Å²) in [4.78, 5) is 14.6. The van der Waals surface area contributed by atoms with Gasteiger partial charge in [-0.1, -0.05) is 18.2 Å². The number of carbonyl (C=O) groups is 1. The van der Waals surface area contributed by atoms with Crippen LogP contribution in [0.1, 0.15) is 29.6 Å². The monoisotopic (exact) mass is 244 g/mol. The molecular weight excluding hydrogens is 224 g/mol. The number of hydrogen-bond acceptors (Lipinski definition) is 2. The van der Waals surface area contributed by atoms with Gasteiger partial charge in [-0.2, -0.15) is 0 Å².